The van der Waals surface area contributed by atoms with E-state index in [1.807, 2.05) is 13.8 Å². The number of benzene rings is 1. The van der Waals surface area contributed by atoms with E-state index < -0.39 is 14.9 Å². The Labute approximate surface area is 151 Å². The molecule has 2 aromatic rings. The van der Waals surface area contributed by atoms with E-state index in [0.29, 0.717) is 26.2 Å². The summed E-state index contributed by atoms with van der Waals surface area (Å²) in [6.07, 6.45) is 0. The number of nitro groups is 1. The first kappa shape index (κ1) is 19.5. The summed E-state index contributed by atoms with van der Waals surface area (Å²) in [5, 5.41) is 15.7. The minimum Gasteiger partial charge on any atom is -0.309 e. The zero-order valence-corrected chi connectivity index (χ0v) is 15.8. The van der Waals surface area contributed by atoms with E-state index in [0.717, 1.165) is 22.5 Å². The van der Waals surface area contributed by atoms with E-state index in [1.165, 1.54) is 4.31 Å². The fraction of sp³-hybridized carbons (Fsp3) is 0.375. The Hall–Kier alpha value is -1.81. The van der Waals surface area contributed by atoms with E-state index >= 15 is 0 Å². The zero-order valence-electron chi connectivity index (χ0n) is 14.1. The number of nitrogens with zero attached hydrogens (tertiary/aromatic N) is 2. The van der Waals surface area contributed by atoms with Gasteiger partial charge in [-0.3, -0.25) is 10.1 Å². The summed E-state index contributed by atoms with van der Waals surface area (Å²) in [4.78, 5) is 10.5. The molecular formula is C16H21N3O4S2. The number of thiophene rings is 1. The highest BCUT2D eigenvalue weighted by molar-refractivity contribution is 7.89. The van der Waals surface area contributed by atoms with Gasteiger partial charge in [0.2, 0.25) is 10.0 Å². The highest BCUT2D eigenvalue weighted by atomic mass is 32.2. The second kappa shape index (κ2) is 8.52. The number of hydrogen-bond acceptors (Lipinski definition) is 6. The fourth-order valence-corrected chi connectivity index (χ4v) is 4.58. The Balaban J connectivity index is 1.95. The van der Waals surface area contributed by atoms with E-state index in [-0.39, 0.29) is 9.90 Å². The molecule has 0 saturated carbocycles. The number of sulfonamides is 1. The molecule has 0 aliphatic carbocycles. The normalized spacial score (nSPS) is 11.8. The van der Waals surface area contributed by atoms with Crippen LogP contribution in [0.25, 0.3) is 0 Å². The SMILES string of the molecule is CCN(CC)S(=O)(=O)c1ccc(CNCc2csc([N+](=O)[O-])c2)cc1. The molecule has 0 fully saturated rings. The molecule has 0 saturated heterocycles. The van der Waals surface area contributed by atoms with Crippen LogP contribution in [0.3, 0.4) is 0 Å². The number of nitrogens with one attached hydrogen (secondary N) is 1. The van der Waals surface area contributed by atoms with Crippen LogP contribution in [0.5, 0.6) is 0 Å². The maximum Gasteiger partial charge on any atom is 0.324 e. The largest absolute Gasteiger partial charge is 0.324 e. The van der Waals surface area contributed by atoms with Crippen LogP contribution in [0.1, 0.15) is 25.0 Å². The molecule has 0 unspecified atom stereocenters. The highest BCUT2D eigenvalue weighted by Crippen LogP contribution is 2.22. The average molecular weight is 383 g/mol. The predicted molar refractivity (Wildman–Crippen MR) is 98.1 cm³/mol. The highest BCUT2D eigenvalue weighted by Gasteiger charge is 2.21. The number of rotatable bonds is 9. The van der Waals surface area contributed by atoms with Gasteiger partial charge in [-0.25, -0.2) is 8.42 Å². The molecule has 0 aliphatic heterocycles. The van der Waals surface area contributed by atoms with Gasteiger partial charge in [-0.2, -0.15) is 4.31 Å². The van der Waals surface area contributed by atoms with Gasteiger partial charge in [-0.1, -0.05) is 37.3 Å². The summed E-state index contributed by atoms with van der Waals surface area (Å²) in [5.41, 5.74) is 1.81. The minimum atomic E-state index is -3.44. The first-order valence-electron chi connectivity index (χ1n) is 7.90. The molecule has 0 spiro atoms. The summed E-state index contributed by atoms with van der Waals surface area (Å²) in [5.74, 6) is 0. The molecule has 0 amide bonds. The molecule has 1 aromatic carbocycles. The Morgan fingerprint density at radius 1 is 1.12 bits per heavy atom. The van der Waals surface area contributed by atoms with Gasteiger partial charge in [0.25, 0.3) is 0 Å². The van der Waals surface area contributed by atoms with Crippen LogP contribution in [0.4, 0.5) is 5.00 Å². The topological polar surface area (TPSA) is 92.6 Å². The molecule has 0 atom stereocenters. The predicted octanol–water partition coefficient (Wildman–Crippen LogP) is 2.98. The lowest BCUT2D eigenvalue weighted by molar-refractivity contribution is -0.380. The van der Waals surface area contributed by atoms with Crippen LogP contribution in [0.15, 0.2) is 40.6 Å². The summed E-state index contributed by atoms with van der Waals surface area (Å²) in [6, 6.07) is 8.33. The van der Waals surface area contributed by atoms with Crippen LogP contribution in [-0.2, 0) is 23.1 Å². The van der Waals surface area contributed by atoms with Crippen molar-refractivity contribution in [1.29, 1.82) is 0 Å². The molecule has 0 aliphatic rings. The first-order valence-corrected chi connectivity index (χ1v) is 10.2. The van der Waals surface area contributed by atoms with E-state index in [4.69, 9.17) is 0 Å². The van der Waals surface area contributed by atoms with Gasteiger partial charge in [-0.05, 0) is 23.3 Å². The lowest BCUT2D eigenvalue weighted by atomic mass is 10.2. The molecule has 136 valence electrons. The van der Waals surface area contributed by atoms with Gasteiger partial charge in [-0.15, -0.1) is 0 Å². The van der Waals surface area contributed by atoms with Crippen molar-refractivity contribution < 1.29 is 13.3 Å². The van der Waals surface area contributed by atoms with Gasteiger partial charge in [0.15, 0.2) is 0 Å². The molecule has 9 heteroatoms. The Morgan fingerprint density at radius 2 is 1.72 bits per heavy atom. The summed E-state index contributed by atoms with van der Waals surface area (Å²) in [6.45, 7) is 5.57. The van der Waals surface area contributed by atoms with Crippen molar-refractivity contribution in [3.05, 3.63) is 57.0 Å². The van der Waals surface area contributed by atoms with Crippen molar-refractivity contribution in [1.82, 2.24) is 9.62 Å². The van der Waals surface area contributed by atoms with Crippen molar-refractivity contribution in [3.63, 3.8) is 0 Å². The molecule has 2 rings (SSSR count). The monoisotopic (exact) mass is 383 g/mol. The maximum atomic E-state index is 12.4. The Morgan fingerprint density at radius 3 is 2.24 bits per heavy atom. The third-order valence-electron chi connectivity index (χ3n) is 3.74. The summed E-state index contributed by atoms with van der Waals surface area (Å²) >= 11 is 1.11. The minimum absolute atomic E-state index is 0.128. The molecule has 1 aromatic heterocycles. The van der Waals surface area contributed by atoms with E-state index in [1.54, 1.807) is 35.7 Å². The Kier molecular flexibility index (Phi) is 6.65. The summed E-state index contributed by atoms with van der Waals surface area (Å²) < 4.78 is 26.3. The van der Waals surface area contributed by atoms with Crippen LogP contribution in [-0.4, -0.2) is 30.7 Å². The molecular weight excluding hydrogens is 362 g/mol. The van der Waals surface area contributed by atoms with E-state index in [2.05, 4.69) is 5.32 Å². The van der Waals surface area contributed by atoms with Gasteiger partial charge < -0.3 is 5.32 Å². The molecule has 0 radical (unpaired) electrons. The fourth-order valence-electron chi connectivity index (χ4n) is 2.39. The second-order valence-electron chi connectivity index (χ2n) is 5.39. The van der Waals surface area contributed by atoms with Gasteiger partial charge in [0.05, 0.1) is 9.82 Å². The van der Waals surface area contributed by atoms with E-state index in [9.17, 15) is 18.5 Å². The molecule has 1 heterocycles. The van der Waals surface area contributed by atoms with Gasteiger partial charge in [0, 0.05) is 37.6 Å². The van der Waals surface area contributed by atoms with Gasteiger partial charge in [0.1, 0.15) is 0 Å². The third kappa shape index (κ3) is 4.85. The van der Waals surface area contributed by atoms with Crippen molar-refractivity contribution >= 4 is 26.4 Å². The first-order chi connectivity index (χ1) is 11.9. The van der Waals surface area contributed by atoms with Crippen LogP contribution in [0, 0.1) is 10.1 Å². The maximum absolute atomic E-state index is 12.4. The quantitative estimate of drug-likeness (QED) is 0.531. The van der Waals surface area contributed by atoms with Crippen LogP contribution >= 0.6 is 11.3 Å². The lowest BCUT2D eigenvalue weighted by Gasteiger charge is -2.18. The molecule has 7 nitrogen and oxygen atoms in total. The molecule has 25 heavy (non-hydrogen) atoms. The van der Waals surface area contributed by atoms with Crippen molar-refractivity contribution in [2.24, 2.45) is 0 Å². The van der Waals surface area contributed by atoms with Crippen LogP contribution in [0.2, 0.25) is 0 Å². The van der Waals surface area contributed by atoms with Crippen LogP contribution < -0.4 is 5.32 Å². The lowest BCUT2D eigenvalue weighted by Crippen LogP contribution is -2.30. The second-order valence-corrected chi connectivity index (χ2v) is 8.21. The smallest absolute Gasteiger partial charge is 0.309 e. The molecule has 1 N–H and O–H groups in total. The zero-order chi connectivity index (χ0) is 18.4. The number of hydrogen-bond donors (Lipinski definition) is 1. The summed E-state index contributed by atoms with van der Waals surface area (Å²) in [7, 11) is -3.44. The van der Waals surface area contributed by atoms with Crippen molar-refractivity contribution in [3.8, 4) is 0 Å². The third-order valence-corrected chi connectivity index (χ3v) is 6.74. The van der Waals surface area contributed by atoms with Gasteiger partial charge >= 0.3 is 5.00 Å². The van der Waals surface area contributed by atoms with Crippen molar-refractivity contribution in [2.45, 2.75) is 31.8 Å². The van der Waals surface area contributed by atoms with Crippen molar-refractivity contribution in [2.75, 3.05) is 13.1 Å². The standard InChI is InChI=1S/C16H21N3O4S2/c1-3-18(4-2)25(22,23)15-7-5-13(6-8-15)10-17-11-14-9-16(19(20)21)24-12-14/h5-9,12,17H,3-4,10-11H2,1-2H3. The Bertz CT molecular complexity index is 812. The molecule has 0 bridgehead atoms. The average Bonchev–Trinajstić information content (AvgIpc) is 3.05.